The lowest BCUT2D eigenvalue weighted by molar-refractivity contribution is -0.192. The Hall–Kier alpha value is -4.27. The van der Waals surface area contributed by atoms with Crippen molar-refractivity contribution in [1.29, 1.82) is 0 Å². The first kappa shape index (κ1) is 52.7. The molecular formula is C42H61N3O13P-. The van der Waals surface area contributed by atoms with E-state index in [-0.39, 0.29) is 120 Å². The van der Waals surface area contributed by atoms with Gasteiger partial charge < -0.3 is 53.8 Å². The number of ketones is 1. The van der Waals surface area contributed by atoms with Gasteiger partial charge in [0.1, 0.15) is 31.4 Å². The van der Waals surface area contributed by atoms with Crippen LogP contribution in [-0.4, -0.2) is 127 Å². The third kappa shape index (κ3) is 26.4. The first-order chi connectivity index (χ1) is 28.4. The second-order valence-electron chi connectivity index (χ2n) is 13.4. The fourth-order valence-electron chi connectivity index (χ4n) is 5.13. The maximum Gasteiger partial charge on any atom is 0.251 e. The number of amides is 3. The normalized spacial score (nSPS) is 12.1. The van der Waals surface area contributed by atoms with Gasteiger partial charge in [-0.2, -0.15) is 0 Å². The van der Waals surface area contributed by atoms with Crippen molar-refractivity contribution < 1.29 is 61.6 Å². The highest BCUT2D eigenvalue weighted by molar-refractivity contribution is 7.52. The highest BCUT2D eigenvalue weighted by Crippen LogP contribution is 2.43. The summed E-state index contributed by atoms with van der Waals surface area (Å²) in [4.78, 5) is 65.5. The number of benzene rings is 1. The molecule has 1 aromatic carbocycles. The van der Waals surface area contributed by atoms with Crippen LogP contribution in [0.2, 0.25) is 0 Å². The number of terminal acetylenes is 3. The molecule has 16 nitrogen and oxygen atoms in total. The number of rotatable bonds is 36. The molecule has 0 fully saturated rings. The Bertz CT molecular complexity index is 1440. The Morgan fingerprint density at radius 2 is 1.10 bits per heavy atom. The van der Waals surface area contributed by atoms with E-state index >= 15 is 0 Å². The molecular weight excluding hydrogens is 785 g/mol. The molecule has 1 atom stereocenters. The van der Waals surface area contributed by atoms with Crippen LogP contribution in [0.3, 0.4) is 0 Å². The molecule has 17 heteroatoms. The Balaban J connectivity index is 3.14. The Morgan fingerprint density at radius 1 is 0.661 bits per heavy atom. The van der Waals surface area contributed by atoms with Gasteiger partial charge in [0.25, 0.3) is 5.91 Å². The van der Waals surface area contributed by atoms with Crippen LogP contribution in [0.1, 0.15) is 75.6 Å². The molecule has 1 aromatic rings. The molecule has 0 spiro atoms. The predicted molar refractivity (Wildman–Crippen MR) is 219 cm³/mol. The van der Waals surface area contributed by atoms with Gasteiger partial charge in [-0.25, -0.2) is 0 Å². The van der Waals surface area contributed by atoms with Crippen molar-refractivity contribution in [1.82, 2.24) is 16.0 Å². The quantitative estimate of drug-likeness (QED) is 0.0505. The van der Waals surface area contributed by atoms with Crippen LogP contribution in [-0.2, 0) is 47.4 Å². The Labute approximate surface area is 349 Å². The lowest BCUT2D eigenvalue weighted by atomic mass is 9.82. The van der Waals surface area contributed by atoms with E-state index in [9.17, 15) is 28.6 Å². The van der Waals surface area contributed by atoms with Crippen molar-refractivity contribution in [2.45, 2.75) is 76.4 Å². The number of Topliss-reactive ketones (excluding diaryl/α,β-unsaturated/α-hetero) is 1. The van der Waals surface area contributed by atoms with E-state index in [4.69, 9.17) is 52.2 Å². The van der Waals surface area contributed by atoms with E-state index in [2.05, 4.69) is 33.7 Å². The molecule has 0 radical (unpaired) electrons. The third-order valence-electron chi connectivity index (χ3n) is 8.46. The summed E-state index contributed by atoms with van der Waals surface area (Å²) in [6, 6.07) is 5.55. The highest BCUT2D eigenvalue weighted by Gasteiger charge is 2.34. The van der Waals surface area contributed by atoms with E-state index in [1.165, 1.54) is 38.1 Å². The van der Waals surface area contributed by atoms with Crippen LogP contribution in [0.4, 0.5) is 0 Å². The van der Waals surface area contributed by atoms with Crippen LogP contribution in [0.15, 0.2) is 24.3 Å². The second kappa shape index (κ2) is 32.6. The van der Waals surface area contributed by atoms with Gasteiger partial charge in [-0.1, -0.05) is 31.6 Å². The second-order valence-corrected chi connectivity index (χ2v) is 15.7. The zero-order chi connectivity index (χ0) is 43.6. The molecule has 0 aliphatic rings. The summed E-state index contributed by atoms with van der Waals surface area (Å²) in [5, 5.41) is 8.62. The van der Waals surface area contributed by atoms with E-state index < -0.39 is 24.7 Å². The zero-order valence-corrected chi connectivity index (χ0v) is 35.3. The number of nitrogens with one attached hydrogen (secondary N) is 3. The molecule has 0 aromatic heterocycles. The lowest BCUT2D eigenvalue weighted by Crippen LogP contribution is -2.50. The van der Waals surface area contributed by atoms with Gasteiger partial charge in [-0.15, -0.1) is 19.3 Å². The van der Waals surface area contributed by atoms with Crippen molar-refractivity contribution in [2.75, 3.05) is 92.4 Å². The maximum atomic E-state index is 13.8. The summed E-state index contributed by atoms with van der Waals surface area (Å²) >= 11 is 0. The van der Waals surface area contributed by atoms with Crippen molar-refractivity contribution >= 4 is 31.1 Å². The minimum atomic E-state index is -4.19. The van der Waals surface area contributed by atoms with E-state index in [1.807, 2.05) is 0 Å². The molecule has 0 aliphatic carbocycles. The van der Waals surface area contributed by atoms with Gasteiger partial charge in [0.2, 0.25) is 11.8 Å². The number of carbonyl (C=O) groups is 4. The number of carbonyl (C=O) groups excluding carboxylic acids is 4. The summed E-state index contributed by atoms with van der Waals surface area (Å²) in [7, 11) is -4.19. The summed E-state index contributed by atoms with van der Waals surface area (Å²) in [5.74, 6) is 5.83. The lowest BCUT2D eigenvalue weighted by Gasteiger charge is -2.35. The monoisotopic (exact) mass is 846 g/mol. The molecule has 59 heavy (non-hydrogen) atoms. The third-order valence-corrected chi connectivity index (χ3v) is 10.2. The standard InChI is InChI=1S/C42H62N3O13P/c1-6-23-52-29-32-55-26-9-10-37(46)15-18-42(19-16-39(47)43-21-27-56-33-30-53-24-7-2,20-17-40(48)44-22-28-57-34-31-54-25-8-3)45-41(49)36-11-13-38(14-12-36)58-59(50,51)35(4)5/h1-3,11-14,35H,9-10,15-34H2,4-5H3,(H,43,47)(H,44,48)(H,45,49)(H,50,51)/p-1. The molecule has 0 aliphatic heterocycles. The van der Waals surface area contributed by atoms with Crippen LogP contribution in [0.5, 0.6) is 5.75 Å². The molecule has 1 unspecified atom stereocenters. The van der Waals surface area contributed by atoms with Crippen LogP contribution in [0, 0.1) is 37.0 Å². The van der Waals surface area contributed by atoms with Gasteiger partial charge in [0.15, 0.2) is 7.60 Å². The first-order valence-corrected chi connectivity index (χ1v) is 21.2. The average Bonchev–Trinajstić information content (AvgIpc) is 3.21. The first-order valence-electron chi connectivity index (χ1n) is 19.6. The molecule has 0 saturated heterocycles. The zero-order valence-electron chi connectivity index (χ0n) is 34.4. The highest BCUT2D eigenvalue weighted by atomic mass is 31.2. The fraction of sp³-hybridized carbons (Fsp3) is 0.619. The van der Waals surface area contributed by atoms with Gasteiger partial charge in [-0.05, 0) is 49.9 Å². The van der Waals surface area contributed by atoms with Gasteiger partial charge in [-0.3, -0.25) is 23.7 Å². The smallest absolute Gasteiger partial charge is 0.251 e. The average molecular weight is 847 g/mol. The van der Waals surface area contributed by atoms with E-state index in [0.717, 1.165) is 0 Å². The fourth-order valence-corrected chi connectivity index (χ4v) is 5.76. The molecule has 0 heterocycles. The van der Waals surface area contributed by atoms with Crippen LogP contribution >= 0.6 is 7.60 Å². The number of ether oxygens (including phenoxy) is 6. The topological polar surface area (TPSA) is 209 Å². The van der Waals surface area contributed by atoms with E-state index in [1.54, 1.807) is 0 Å². The van der Waals surface area contributed by atoms with Gasteiger partial charge in [0, 0.05) is 62.1 Å². The molecule has 1 rings (SSSR count). The minimum Gasteiger partial charge on any atom is -0.769 e. The van der Waals surface area contributed by atoms with Crippen molar-refractivity contribution in [2.24, 2.45) is 0 Å². The van der Waals surface area contributed by atoms with Crippen LogP contribution < -0.4 is 25.4 Å². The molecule has 3 N–H and O–H groups in total. The molecule has 328 valence electrons. The van der Waals surface area contributed by atoms with Gasteiger partial charge >= 0.3 is 0 Å². The van der Waals surface area contributed by atoms with Crippen LogP contribution in [0.25, 0.3) is 0 Å². The largest absolute Gasteiger partial charge is 0.769 e. The van der Waals surface area contributed by atoms with Crippen molar-refractivity contribution in [3.63, 3.8) is 0 Å². The van der Waals surface area contributed by atoms with E-state index in [0.29, 0.717) is 52.7 Å². The summed E-state index contributed by atoms with van der Waals surface area (Å²) in [6.45, 7) is 6.60. The Morgan fingerprint density at radius 3 is 1.56 bits per heavy atom. The number of hydrogen-bond donors (Lipinski definition) is 3. The van der Waals surface area contributed by atoms with Gasteiger partial charge in [0.05, 0.1) is 52.9 Å². The summed E-state index contributed by atoms with van der Waals surface area (Å²) in [6.07, 6.45) is 16.4. The molecule has 3 amide bonds. The summed E-state index contributed by atoms with van der Waals surface area (Å²) in [5.41, 5.74) is -1.78. The van der Waals surface area contributed by atoms with Crippen molar-refractivity contribution in [3.8, 4) is 42.8 Å². The molecule has 0 saturated carbocycles. The van der Waals surface area contributed by atoms with Crippen molar-refractivity contribution in [3.05, 3.63) is 29.8 Å². The predicted octanol–water partition coefficient (Wildman–Crippen LogP) is 2.42. The summed E-state index contributed by atoms with van der Waals surface area (Å²) < 4.78 is 49.4. The SMILES string of the molecule is C#CCOCCOCCCC(=O)CCC(CCC(=O)NCCOCCOCC#C)(CCC(=O)NCCOCCOCC#C)NC(=O)c1ccc(OP(=O)([O-])C(C)C)cc1. The minimum absolute atomic E-state index is 0.0380. The Kier molecular flexibility index (Phi) is 29.1. The number of hydrogen-bond acceptors (Lipinski definition) is 13. The molecule has 0 bridgehead atoms. The maximum absolute atomic E-state index is 13.8.